The van der Waals surface area contributed by atoms with E-state index < -0.39 is 41.3 Å². The third-order valence-electron chi connectivity index (χ3n) is 8.13. The number of amides is 1. The largest absolute Gasteiger partial charge is 0.460 e. The normalized spacial score (nSPS) is 14.6. The predicted molar refractivity (Wildman–Crippen MR) is 188 cm³/mol. The lowest BCUT2D eigenvalue weighted by Crippen LogP contribution is -2.43. The van der Waals surface area contributed by atoms with Gasteiger partial charge in [-0.2, -0.15) is 5.26 Å². The van der Waals surface area contributed by atoms with Crippen LogP contribution in [0, 0.1) is 29.9 Å². The van der Waals surface area contributed by atoms with Crippen molar-refractivity contribution in [3.05, 3.63) is 105 Å². The highest BCUT2D eigenvalue weighted by Crippen LogP contribution is 2.41. The van der Waals surface area contributed by atoms with Crippen molar-refractivity contribution < 1.29 is 33.0 Å². The second kappa shape index (κ2) is 16.0. The number of aromatic nitrogens is 1. The Hall–Kier alpha value is -5.56. The molecule has 0 bridgehead atoms. The molecule has 1 aliphatic heterocycles. The Bertz CT molecular complexity index is 2010. The number of β-amino-alcohol motifs (C(OH)–C–C–N with tert-alkyl or cyclic N) is 1. The number of aliphatic imine (C=N–C) groups is 1. The molecule has 2 heterocycles. The molecule has 1 amide bonds. The predicted octanol–water partition coefficient (Wildman–Crippen LogP) is 5.15. The maximum atomic E-state index is 15.3. The van der Waals surface area contributed by atoms with Gasteiger partial charge in [0.25, 0.3) is 6.34 Å². The number of rotatable bonds is 13. The van der Waals surface area contributed by atoms with Crippen LogP contribution in [-0.2, 0) is 26.5 Å². The number of aliphatic hydroxyl groups is 1. The molecule has 0 saturated heterocycles. The van der Waals surface area contributed by atoms with Crippen molar-refractivity contribution >= 4 is 41.3 Å². The Morgan fingerprint density at radius 1 is 1.14 bits per heavy atom. The number of nitrogens with one attached hydrogen (secondary N) is 2. The van der Waals surface area contributed by atoms with Crippen molar-refractivity contribution in [1.29, 1.82) is 5.26 Å². The smallest absolute Gasteiger partial charge is 0.412 e. The molecule has 3 N–H and O–H groups in total. The quantitative estimate of drug-likeness (QED) is 0.159. The molecule has 5 rings (SSSR count). The topological polar surface area (TPSA) is 163 Å². The second-order valence-corrected chi connectivity index (χ2v) is 12.7. The van der Waals surface area contributed by atoms with E-state index in [-0.39, 0.29) is 31.1 Å². The maximum absolute atomic E-state index is 15.3. The van der Waals surface area contributed by atoms with E-state index in [9.17, 15) is 19.1 Å². The first-order valence-corrected chi connectivity index (χ1v) is 16.7. The number of ether oxygens (including phenoxy) is 2. The minimum atomic E-state index is -2.06. The van der Waals surface area contributed by atoms with Crippen LogP contribution in [-0.4, -0.2) is 65.6 Å². The lowest BCUT2D eigenvalue weighted by molar-refractivity contribution is -0.143. The third kappa shape index (κ3) is 8.79. The van der Waals surface area contributed by atoms with Crippen LogP contribution >= 0.6 is 11.3 Å². The number of hydrogen-bond acceptors (Lipinski definition) is 12. The molecule has 15 heteroatoms. The first-order valence-electron chi connectivity index (χ1n) is 15.8. The fraction of sp³-hybridized carbons (Fsp3) is 0.278. The highest BCUT2D eigenvalue weighted by atomic mass is 32.1. The summed E-state index contributed by atoms with van der Waals surface area (Å²) in [5.74, 6) is -2.80. The van der Waals surface area contributed by atoms with E-state index in [0.29, 0.717) is 27.5 Å². The molecule has 3 aromatic carbocycles. The van der Waals surface area contributed by atoms with Gasteiger partial charge in [0.1, 0.15) is 30.4 Å². The van der Waals surface area contributed by atoms with Gasteiger partial charge < -0.3 is 19.9 Å². The number of halogens is 2. The molecular weight excluding hydrogens is 681 g/mol. The van der Waals surface area contributed by atoms with Crippen LogP contribution in [0.3, 0.4) is 0 Å². The van der Waals surface area contributed by atoms with Gasteiger partial charge >= 0.3 is 17.9 Å². The number of amidine groups is 1. The van der Waals surface area contributed by atoms with E-state index in [1.165, 1.54) is 22.7 Å². The van der Waals surface area contributed by atoms with Crippen LogP contribution in [0.1, 0.15) is 47.0 Å². The van der Waals surface area contributed by atoms with E-state index in [2.05, 4.69) is 31.8 Å². The first-order chi connectivity index (χ1) is 24.4. The number of aryl methyl sites for hydroxylation is 1. The summed E-state index contributed by atoms with van der Waals surface area (Å²) in [6.45, 7) is 4.68. The van der Waals surface area contributed by atoms with E-state index in [4.69, 9.17) is 14.7 Å². The Labute approximate surface area is 297 Å². The minimum absolute atomic E-state index is 0.0347. The monoisotopic (exact) mass is 715 g/mol. The SMILES string of the molecule is CNCC(=O)OCc1cc(C)ccc1NC(=O)OC(C)C1=NN(C[C@](O)(c2cc(F)ccc2F)[C@@H](C)c2nc(-c3ccc(C#N)cc3)cs2)C=[N+]1. The summed E-state index contributed by atoms with van der Waals surface area (Å²) in [6.07, 6.45) is -0.484. The maximum Gasteiger partial charge on any atom is 0.412 e. The summed E-state index contributed by atoms with van der Waals surface area (Å²) >= 11 is 1.24. The molecule has 1 unspecified atom stereocenters. The van der Waals surface area contributed by atoms with E-state index in [1.807, 2.05) is 6.92 Å². The van der Waals surface area contributed by atoms with Gasteiger partial charge in [-0.1, -0.05) is 41.7 Å². The Balaban J connectivity index is 1.32. The van der Waals surface area contributed by atoms with Crippen LogP contribution in [0.5, 0.6) is 0 Å². The van der Waals surface area contributed by atoms with Gasteiger partial charge in [-0.05, 0) is 57.3 Å². The molecular formula is C36H35F2N7O5S+. The molecule has 1 aromatic heterocycles. The summed E-state index contributed by atoms with van der Waals surface area (Å²) in [4.78, 5) is 33.7. The van der Waals surface area contributed by atoms with Crippen molar-refractivity contribution in [2.45, 2.75) is 45.0 Å². The molecule has 3 atom stereocenters. The van der Waals surface area contributed by atoms with Gasteiger partial charge in [0.2, 0.25) is 0 Å². The van der Waals surface area contributed by atoms with E-state index >= 15 is 4.39 Å². The van der Waals surface area contributed by atoms with Crippen LogP contribution < -0.4 is 15.6 Å². The minimum Gasteiger partial charge on any atom is -0.460 e. The Morgan fingerprint density at radius 3 is 2.63 bits per heavy atom. The van der Waals surface area contributed by atoms with Gasteiger partial charge in [0.15, 0.2) is 6.10 Å². The van der Waals surface area contributed by atoms with E-state index in [0.717, 1.165) is 29.3 Å². The van der Waals surface area contributed by atoms with Crippen LogP contribution in [0.15, 0.2) is 71.1 Å². The Morgan fingerprint density at radius 2 is 1.90 bits per heavy atom. The second-order valence-electron chi connectivity index (χ2n) is 11.9. The summed E-state index contributed by atoms with van der Waals surface area (Å²) in [7, 11) is 1.62. The van der Waals surface area contributed by atoms with Gasteiger partial charge in [0.05, 0.1) is 34.6 Å². The number of carbonyl (C=O) groups excluding carboxylic acids is 2. The molecule has 51 heavy (non-hydrogen) atoms. The van der Waals surface area contributed by atoms with Crippen molar-refractivity contribution in [2.24, 2.45) is 5.10 Å². The summed E-state index contributed by atoms with van der Waals surface area (Å²) in [5.41, 5.74) is 1.32. The molecule has 4 aromatic rings. The molecule has 0 aliphatic carbocycles. The molecule has 12 nitrogen and oxygen atoms in total. The highest BCUT2D eigenvalue weighted by molar-refractivity contribution is 7.10. The number of benzene rings is 3. The lowest BCUT2D eigenvalue weighted by atomic mass is 9.81. The average molecular weight is 716 g/mol. The van der Waals surface area contributed by atoms with Gasteiger partial charge in [-0.3, -0.25) is 10.1 Å². The number of anilines is 1. The molecule has 263 valence electrons. The molecule has 0 fully saturated rings. The van der Waals surface area contributed by atoms with E-state index in [1.54, 1.807) is 68.7 Å². The number of hydrazone groups is 1. The number of nitrogens with zero attached hydrogens (tertiary/aromatic N) is 5. The molecule has 1 aliphatic rings. The zero-order chi connectivity index (χ0) is 36.7. The summed E-state index contributed by atoms with van der Waals surface area (Å²) in [5, 5.41) is 34.6. The zero-order valence-electron chi connectivity index (χ0n) is 28.2. The van der Waals surface area contributed by atoms with Crippen molar-refractivity contribution in [1.82, 2.24) is 20.3 Å². The fourth-order valence-electron chi connectivity index (χ4n) is 5.31. The average Bonchev–Trinajstić information content (AvgIpc) is 3.80. The fourth-order valence-corrected chi connectivity index (χ4v) is 6.28. The standard InChI is InChI=1S/C36H35F2N7O5S/c1-21-5-12-30(26(13-21)17-49-32(46)16-40-4)43-35(47)50-23(3)33-41-20-45(44-33)19-36(48,28-14-27(37)10-11-29(28)38)22(2)34-42-31(18-51-34)25-8-6-24(15-39)7-9-25/h5-14,18,20,22-23,40,48H,16-17,19H2,1-4H3,(H,43,47)/q+1/t22-,23?,36+/m0/s1. The zero-order valence-corrected chi connectivity index (χ0v) is 29.0. The van der Waals surface area contributed by atoms with Gasteiger partial charge in [-0.15, -0.1) is 16.3 Å². The van der Waals surface area contributed by atoms with Gasteiger partial charge in [-0.25, -0.2) is 18.6 Å². The highest BCUT2D eigenvalue weighted by Gasteiger charge is 2.46. The molecule has 1 radical (unpaired) electrons. The first kappa shape index (κ1) is 36.7. The lowest BCUT2D eigenvalue weighted by Gasteiger charge is -2.33. The number of esters is 1. The van der Waals surface area contributed by atoms with Crippen molar-refractivity contribution in [3.63, 3.8) is 0 Å². The summed E-state index contributed by atoms with van der Waals surface area (Å²) in [6, 6.07) is 17.0. The van der Waals surface area contributed by atoms with Crippen LogP contribution in [0.2, 0.25) is 0 Å². The summed E-state index contributed by atoms with van der Waals surface area (Å²) < 4.78 is 40.6. The molecule has 0 saturated carbocycles. The number of thiazole rings is 1. The molecule has 0 spiro atoms. The van der Waals surface area contributed by atoms with Crippen LogP contribution in [0.4, 0.5) is 19.3 Å². The number of nitriles is 1. The third-order valence-corrected chi connectivity index (χ3v) is 9.15. The van der Waals surface area contributed by atoms with Crippen molar-refractivity contribution in [3.8, 4) is 17.3 Å². The van der Waals surface area contributed by atoms with Crippen LogP contribution in [0.25, 0.3) is 11.3 Å². The van der Waals surface area contributed by atoms with Crippen molar-refractivity contribution in [2.75, 3.05) is 25.5 Å². The van der Waals surface area contributed by atoms with Gasteiger partial charge in [0, 0.05) is 33.1 Å². The number of likely N-dealkylation sites (N-methyl/N-ethyl adjacent to an activating group) is 1. The number of hydrogen-bond donors (Lipinski definition) is 3. The number of carbonyl (C=O) groups is 2. The Kier molecular flexibility index (Phi) is 11.5.